The molecule has 0 saturated carbocycles. The summed E-state index contributed by atoms with van der Waals surface area (Å²) in [5, 5.41) is 11.7. The van der Waals surface area contributed by atoms with Crippen LogP contribution in [0.4, 0.5) is 0 Å². The van der Waals surface area contributed by atoms with Crippen molar-refractivity contribution < 1.29 is 9.94 Å². The van der Waals surface area contributed by atoms with Gasteiger partial charge >= 0.3 is 0 Å². The second-order valence-electron chi connectivity index (χ2n) is 4.88. The van der Waals surface area contributed by atoms with Crippen LogP contribution in [0.5, 0.6) is 5.88 Å². The zero-order valence-electron chi connectivity index (χ0n) is 11.3. The van der Waals surface area contributed by atoms with Crippen LogP contribution < -0.4 is 10.5 Å². The van der Waals surface area contributed by atoms with Crippen LogP contribution >= 0.6 is 0 Å². The minimum Gasteiger partial charge on any atom is -0.475 e. The smallest absolute Gasteiger partial charge is 0.214 e. The molecular weight excluding hydrogens is 230 g/mol. The zero-order valence-corrected chi connectivity index (χ0v) is 11.3. The Morgan fingerprint density at radius 2 is 2.11 bits per heavy atom. The largest absolute Gasteiger partial charge is 0.475 e. The van der Waals surface area contributed by atoms with E-state index in [1.165, 1.54) is 0 Å². The van der Waals surface area contributed by atoms with Crippen LogP contribution in [0, 0.1) is 12.8 Å². The predicted molar refractivity (Wildman–Crippen MR) is 71.0 cm³/mol. The van der Waals surface area contributed by atoms with E-state index >= 15 is 0 Å². The van der Waals surface area contributed by atoms with Gasteiger partial charge in [0, 0.05) is 17.3 Å². The molecule has 18 heavy (non-hydrogen) atoms. The third-order valence-electron chi connectivity index (χ3n) is 2.46. The Kier molecular flexibility index (Phi) is 4.95. The maximum absolute atomic E-state index is 8.67. The van der Waals surface area contributed by atoms with E-state index in [-0.39, 0.29) is 11.9 Å². The topological polar surface area (TPSA) is 80.7 Å². The summed E-state index contributed by atoms with van der Waals surface area (Å²) in [6.45, 7) is 8.14. The van der Waals surface area contributed by atoms with Gasteiger partial charge in [0.2, 0.25) is 5.88 Å². The van der Waals surface area contributed by atoms with E-state index in [2.05, 4.69) is 24.0 Å². The minimum atomic E-state index is 0.0573. The van der Waals surface area contributed by atoms with Gasteiger partial charge in [-0.3, -0.25) is 0 Å². The van der Waals surface area contributed by atoms with E-state index < -0.39 is 0 Å². The monoisotopic (exact) mass is 251 g/mol. The lowest BCUT2D eigenvalue weighted by Crippen LogP contribution is -2.17. The van der Waals surface area contributed by atoms with E-state index in [1.807, 2.05) is 13.8 Å². The lowest BCUT2D eigenvalue weighted by atomic mass is 10.1. The summed E-state index contributed by atoms with van der Waals surface area (Å²) < 4.78 is 5.74. The van der Waals surface area contributed by atoms with Gasteiger partial charge in [-0.1, -0.05) is 19.0 Å². The molecule has 0 bridgehead atoms. The summed E-state index contributed by atoms with van der Waals surface area (Å²) in [4.78, 5) is 4.28. The first-order valence-electron chi connectivity index (χ1n) is 6.05. The molecule has 0 spiro atoms. The summed E-state index contributed by atoms with van der Waals surface area (Å²) in [6, 6.07) is 3.42. The molecule has 0 saturated heterocycles. The number of oxime groups is 1. The number of rotatable bonds is 5. The number of hydrogen-bond donors (Lipinski definition) is 2. The normalized spacial score (nSPS) is 13.7. The highest BCUT2D eigenvalue weighted by molar-refractivity contribution is 5.97. The molecular formula is C13H21N3O2. The summed E-state index contributed by atoms with van der Waals surface area (Å²) in [5.74, 6) is 1.12. The van der Waals surface area contributed by atoms with Gasteiger partial charge in [0.15, 0.2) is 5.84 Å². The van der Waals surface area contributed by atoms with E-state index in [0.29, 0.717) is 17.4 Å². The second kappa shape index (κ2) is 6.23. The molecule has 0 amide bonds. The molecule has 3 N–H and O–H groups in total. The van der Waals surface area contributed by atoms with Crippen LogP contribution in [0.1, 0.15) is 38.4 Å². The molecule has 0 aromatic carbocycles. The number of pyridine rings is 1. The summed E-state index contributed by atoms with van der Waals surface area (Å²) in [6.07, 6.45) is 1.04. The van der Waals surface area contributed by atoms with E-state index in [0.717, 1.165) is 12.1 Å². The van der Waals surface area contributed by atoms with Crippen molar-refractivity contribution in [2.75, 3.05) is 0 Å². The Balaban J connectivity index is 2.86. The van der Waals surface area contributed by atoms with Crippen molar-refractivity contribution in [3.05, 3.63) is 23.4 Å². The van der Waals surface area contributed by atoms with Gasteiger partial charge < -0.3 is 15.7 Å². The quantitative estimate of drug-likeness (QED) is 0.364. The van der Waals surface area contributed by atoms with Gasteiger partial charge in [-0.2, -0.15) is 0 Å². The van der Waals surface area contributed by atoms with Crippen molar-refractivity contribution in [1.82, 2.24) is 4.98 Å². The molecule has 0 aliphatic rings. The Bertz CT molecular complexity index is 430. The third kappa shape index (κ3) is 4.24. The molecule has 5 nitrogen and oxygen atoms in total. The van der Waals surface area contributed by atoms with Crippen LogP contribution in [-0.4, -0.2) is 22.1 Å². The number of nitrogens with two attached hydrogens (primary N) is 1. The molecule has 0 radical (unpaired) electrons. The Hall–Kier alpha value is -1.78. The third-order valence-corrected chi connectivity index (χ3v) is 2.46. The minimum absolute atomic E-state index is 0.0573. The van der Waals surface area contributed by atoms with E-state index in [1.54, 1.807) is 12.1 Å². The van der Waals surface area contributed by atoms with Gasteiger partial charge in [0.05, 0.1) is 6.10 Å². The maximum Gasteiger partial charge on any atom is 0.214 e. The molecule has 1 atom stereocenters. The molecule has 0 aliphatic carbocycles. The summed E-state index contributed by atoms with van der Waals surface area (Å²) in [7, 11) is 0. The Labute approximate surface area is 108 Å². The highest BCUT2D eigenvalue weighted by Gasteiger charge is 2.10. The Morgan fingerprint density at radius 1 is 1.44 bits per heavy atom. The number of aromatic nitrogens is 1. The number of hydrogen-bond acceptors (Lipinski definition) is 4. The first kappa shape index (κ1) is 14.3. The van der Waals surface area contributed by atoms with Crippen molar-refractivity contribution >= 4 is 5.84 Å². The lowest BCUT2D eigenvalue weighted by molar-refractivity contribution is 0.185. The number of nitrogens with zero attached hydrogens (tertiary/aromatic N) is 2. The SMILES string of the molecule is Cc1cc(/C(N)=N/O)cc(OC(C)CC(C)C)n1. The van der Waals surface area contributed by atoms with Crippen molar-refractivity contribution in [2.45, 2.75) is 40.2 Å². The van der Waals surface area contributed by atoms with Gasteiger partial charge in [-0.25, -0.2) is 4.98 Å². The Morgan fingerprint density at radius 3 is 2.67 bits per heavy atom. The van der Waals surface area contributed by atoms with Crippen molar-refractivity contribution in [3.8, 4) is 5.88 Å². The molecule has 1 heterocycles. The van der Waals surface area contributed by atoms with E-state index in [4.69, 9.17) is 15.7 Å². The van der Waals surface area contributed by atoms with Crippen LogP contribution in [0.25, 0.3) is 0 Å². The number of ether oxygens (including phenoxy) is 1. The van der Waals surface area contributed by atoms with Crippen LogP contribution in [0.3, 0.4) is 0 Å². The van der Waals surface area contributed by atoms with Gasteiger partial charge in [-0.05, 0) is 32.3 Å². The fraction of sp³-hybridized carbons (Fsp3) is 0.538. The standard InChI is InChI=1S/C13H21N3O2/c1-8(2)5-10(4)18-12-7-11(13(14)16-17)6-9(3)15-12/h6-8,10,17H,5H2,1-4H3,(H2,14,16). The number of amidine groups is 1. The van der Waals surface area contributed by atoms with Crippen molar-refractivity contribution in [2.24, 2.45) is 16.8 Å². The van der Waals surface area contributed by atoms with E-state index in [9.17, 15) is 0 Å². The second-order valence-corrected chi connectivity index (χ2v) is 4.88. The van der Waals surface area contributed by atoms with Crippen LogP contribution in [0.2, 0.25) is 0 Å². The average molecular weight is 251 g/mol. The van der Waals surface area contributed by atoms with Gasteiger partial charge in [0.1, 0.15) is 0 Å². The highest BCUT2D eigenvalue weighted by Crippen LogP contribution is 2.16. The molecule has 5 heteroatoms. The maximum atomic E-state index is 8.67. The summed E-state index contributed by atoms with van der Waals surface area (Å²) in [5.41, 5.74) is 6.94. The van der Waals surface area contributed by atoms with Gasteiger partial charge in [0.25, 0.3) is 0 Å². The predicted octanol–water partition coefficient (Wildman–Crippen LogP) is 2.30. The molecule has 100 valence electrons. The lowest BCUT2D eigenvalue weighted by Gasteiger charge is -2.16. The molecule has 1 unspecified atom stereocenters. The van der Waals surface area contributed by atoms with Crippen LogP contribution in [0.15, 0.2) is 17.3 Å². The van der Waals surface area contributed by atoms with Crippen LogP contribution in [-0.2, 0) is 0 Å². The molecule has 0 aliphatic heterocycles. The molecule has 0 fully saturated rings. The number of aryl methyl sites for hydroxylation is 1. The summed E-state index contributed by atoms with van der Waals surface area (Å²) >= 11 is 0. The first-order valence-corrected chi connectivity index (χ1v) is 6.05. The fourth-order valence-corrected chi connectivity index (χ4v) is 1.82. The highest BCUT2D eigenvalue weighted by atomic mass is 16.5. The first-order chi connectivity index (χ1) is 8.42. The van der Waals surface area contributed by atoms with Crippen molar-refractivity contribution in [3.63, 3.8) is 0 Å². The molecule has 1 aromatic heterocycles. The van der Waals surface area contributed by atoms with Crippen molar-refractivity contribution in [1.29, 1.82) is 0 Å². The molecule has 1 aromatic rings. The molecule has 1 rings (SSSR count). The fourth-order valence-electron chi connectivity index (χ4n) is 1.82. The zero-order chi connectivity index (χ0) is 13.7. The average Bonchev–Trinajstić information content (AvgIpc) is 2.25. The van der Waals surface area contributed by atoms with Gasteiger partial charge in [-0.15, -0.1) is 0 Å².